The zero-order chi connectivity index (χ0) is 15.6. The van der Waals surface area contributed by atoms with Gasteiger partial charge in [0, 0.05) is 0 Å². The number of aliphatic carboxylic acids is 1. The fraction of sp³-hybridized carbons (Fsp3) is 0.833. The highest BCUT2D eigenvalue weighted by atomic mass is 32.2. The number of ether oxygens (including phenoxy) is 1. The Morgan fingerprint density at radius 1 is 1.25 bits per heavy atom. The molecule has 0 bridgehead atoms. The van der Waals surface area contributed by atoms with E-state index >= 15 is 0 Å². The van der Waals surface area contributed by atoms with Gasteiger partial charge in [-0.3, -0.25) is 0 Å². The average Bonchev–Trinajstić information content (AvgIpc) is 2.23. The maximum atomic E-state index is 11.6. The van der Waals surface area contributed by atoms with E-state index in [9.17, 15) is 23.1 Å². The number of rotatable bonds is 3. The topological polar surface area (TPSA) is 110 Å². The van der Waals surface area contributed by atoms with Crippen LogP contribution in [0.5, 0.6) is 0 Å². The minimum absolute atomic E-state index is 0.0442. The molecule has 7 nitrogen and oxygen atoms in total. The van der Waals surface area contributed by atoms with Crippen LogP contribution in [0.4, 0.5) is 4.79 Å². The molecule has 0 spiro atoms. The number of carbonyl (C=O) groups excluding carboxylic acids is 1. The Morgan fingerprint density at radius 2 is 1.75 bits per heavy atom. The second-order valence-electron chi connectivity index (χ2n) is 5.95. The maximum Gasteiger partial charge on any atom is 0.408 e. The van der Waals surface area contributed by atoms with Crippen LogP contribution in [-0.4, -0.2) is 48.7 Å². The summed E-state index contributed by atoms with van der Waals surface area (Å²) in [5.41, 5.74) is -0.719. The number of hydrogen-bond donors (Lipinski definition) is 2. The predicted octanol–water partition coefficient (Wildman–Crippen LogP) is 0.789. The smallest absolute Gasteiger partial charge is 0.408 e. The summed E-state index contributed by atoms with van der Waals surface area (Å²) in [6, 6.07) is -1.12. The van der Waals surface area contributed by atoms with Gasteiger partial charge in [-0.25, -0.2) is 18.0 Å². The van der Waals surface area contributed by atoms with Gasteiger partial charge in [0.15, 0.2) is 0 Å². The molecular formula is C12H21NO6S. The van der Waals surface area contributed by atoms with E-state index in [0.717, 1.165) is 0 Å². The van der Waals surface area contributed by atoms with Crippen molar-refractivity contribution in [2.24, 2.45) is 5.92 Å². The Bertz CT molecular complexity index is 465. The fourth-order valence-electron chi connectivity index (χ4n) is 2.06. The SMILES string of the molecule is CC(C)(C)OC(=O)N[C@H](C(=O)O)C1CCS(=O)(=O)CC1. The van der Waals surface area contributed by atoms with Crippen LogP contribution in [-0.2, 0) is 19.4 Å². The molecule has 0 unspecified atom stereocenters. The van der Waals surface area contributed by atoms with Crippen molar-refractivity contribution in [3.8, 4) is 0 Å². The van der Waals surface area contributed by atoms with Crippen LogP contribution in [0.2, 0.25) is 0 Å². The number of carboxylic acid groups (broad SMARTS) is 1. The third-order valence-corrected chi connectivity index (χ3v) is 4.72. The van der Waals surface area contributed by atoms with E-state index in [-0.39, 0.29) is 24.3 Å². The van der Waals surface area contributed by atoms with Crippen LogP contribution in [0.3, 0.4) is 0 Å². The first kappa shape index (κ1) is 16.7. The van der Waals surface area contributed by atoms with Crippen molar-refractivity contribution in [3.63, 3.8) is 0 Å². The second kappa shape index (κ2) is 5.99. The van der Waals surface area contributed by atoms with Crippen LogP contribution in [0.1, 0.15) is 33.6 Å². The number of carbonyl (C=O) groups is 2. The van der Waals surface area contributed by atoms with E-state index in [0.29, 0.717) is 0 Å². The molecule has 0 aromatic heterocycles. The molecule has 0 aliphatic carbocycles. The Labute approximate surface area is 118 Å². The number of hydrogen-bond acceptors (Lipinski definition) is 5. The average molecular weight is 307 g/mol. The van der Waals surface area contributed by atoms with Crippen molar-refractivity contribution in [2.75, 3.05) is 11.5 Å². The normalized spacial score (nSPS) is 20.9. The van der Waals surface area contributed by atoms with Crippen molar-refractivity contribution >= 4 is 21.9 Å². The minimum atomic E-state index is -3.07. The van der Waals surface area contributed by atoms with Gasteiger partial charge in [-0.2, -0.15) is 0 Å². The van der Waals surface area contributed by atoms with E-state index in [2.05, 4.69) is 5.32 Å². The van der Waals surface area contributed by atoms with Crippen LogP contribution >= 0.6 is 0 Å². The maximum absolute atomic E-state index is 11.6. The molecule has 1 fully saturated rings. The van der Waals surface area contributed by atoms with Crippen LogP contribution in [0, 0.1) is 5.92 Å². The van der Waals surface area contributed by atoms with Gasteiger partial charge in [-0.1, -0.05) is 0 Å². The molecule has 1 aliphatic rings. The van der Waals surface area contributed by atoms with E-state index in [1.54, 1.807) is 20.8 Å². The van der Waals surface area contributed by atoms with E-state index < -0.39 is 39.5 Å². The highest BCUT2D eigenvalue weighted by Gasteiger charge is 2.35. The van der Waals surface area contributed by atoms with Gasteiger partial charge in [0.2, 0.25) is 0 Å². The molecule has 1 aliphatic heterocycles. The lowest BCUT2D eigenvalue weighted by molar-refractivity contribution is -0.141. The third-order valence-electron chi connectivity index (χ3n) is 3.01. The second-order valence-corrected chi connectivity index (χ2v) is 8.26. The first-order chi connectivity index (χ1) is 9.00. The van der Waals surface area contributed by atoms with Crippen LogP contribution < -0.4 is 5.32 Å². The monoisotopic (exact) mass is 307 g/mol. The third kappa shape index (κ3) is 5.36. The summed E-state index contributed by atoms with van der Waals surface area (Å²) in [6.45, 7) is 5.03. The zero-order valence-corrected chi connectivity index (χ0v) is 12.7. The summed E-state index contributed by atoms with van der Waals surface area (Å²) in [5.74, 6) is -1.67. The first-order valence-electron chi connectivity index (χ1n) is 6.43. The Morgan fingerprint density at radius 3 is 2.15 bits per heavy atom. The molecule has 1 atom stereocenters. The molecule has 20 heavy (non-hydrogen) atoms. The molecule has 1 saturated heterocycles. The van der Waals surface area contributed by atoms with Gasteiger partial charge in [-0.15, -0.1) is 0 Å². The summed E-state index contributed by atoms with van der Waals surface area (Å²) < 4.78 is 27.7. The number of carboxylic acids is 1. The molecule has 116 valence electrons. The summed E-state index contributed by atoms with van der Waals surface area (Å²) >= 11 is 0. The molecule has 1 amide bonds. The minimum Gasteiger partial charge on any atom is -0.480 e. The summed E-state index contributed by atoms with van der Waals surface area (Å²) in [4.78, 5) is 22.9. The Hall–Kier alpha value is -1.31. The molecule has 2 N–H and O–H groups in total. The van der Waals surface area contributed by atoms with Crippen molar-refractivity contribution < 1.29 is 27.9 Å². The van der Waals surface area contributed by atoms with Gasteiger partial charge < -0.3 is 15.2 Å². The number of amides is 1. The highest BCUT2D eigenvalue weighted by molar-refractivity contribution is 7.91. The molecule has 1 rings (SSSR count). The van der Waals surface area contributed by atoms with Gasteiger partial charge in [-0.05, 0) is 39.5 Å². The molecule has 8 heteroatoms. The predicted molar refractivity (Wildman–Crippen MR) is 72.2 cm³/mol. The number of sulfone groups is 1. The molecule has 1 heterocycles. The summed E-state index contributed by atoms with van der Waals surface area (Å²) in [7, 11) is -3.07. The standard InChI is InChI=1S/C12H21NO6S/c1-12(2,3)19-11(16)13-9(10(14)15)8-4-6-20(17,18)7-5-8/h8-9H,4-7H2,1-3H3,(H,13,16)(H,14,15)/t9-/m0/s1. The lowest BCUT2D eigenvalue weighted by atomic mass is 9.94. The lowest BCUT2D eigenvalue weighted by Gasteiger charge is -2.29. The van der Waals surface area contributed by atoms with Crippen molar-refractivity contribution in [1.82, 2.24) is 5.32 Å². The number of alkyl carbamates (subject to hydrolysis) is 1. The quantitative estimate of drug-likeness (QED) is 0.797. The summed E-state index contributed by atoms with van der Waals surface area (Å²) in [6.07, 6.45) is -0.345. The van der Waals surface area contributed by atoms with E-state index in [4.69, 9.17) is 4.74 Å². The van der Waals surface area contributed by atoms with Crippen molar-refractivity contribution in [3.05, 3.63) is 0 Å². The van der Waals surface area contributed by atoms with Gasteiger partial charge in [0.1, 0.15) is 21.5 Å². The molecular weight excluding hydrogens is 286 g/mol. The van der Waals surface area contributed by atoms with Gasteiger partial charge in [0.05, 0.1) is 11.5 Å². The number of nitrogens with one attached hydrogen (secondary N) is 1. The molecule has 0 radical (unpaired) electrons. The zero-order valence-electron chi connectivity index (χ0n) is 11.9. The molecule has 0 saturated carbocycles. The molecule has 0 aromatic rings. The van der Waals surface area contributed by atoms with Gasteiger partial charge >= 0.3 is 12.1 Å². The lowest BCUT2D eigenvalue weighted by Crippen LogP contribution is -2.49. The Kier molecular flexibility index (Phi) is 5.01. The summed E-state index contributed by atoms with van der Waals surface area (Å²) in [5, 5.41) is 11.5. The Balaban J connectivity index is 2.67. The fourth-order valence-corrected chi connectivity index (χ4v) is 3.59. The highest BCUT2D eigenvalue weighted by Crippen LogP contribution is 2.22. The molecule has 0 aromatic carbocycles. The van der Waals surface area contributed by atoms with Crippen molar-refractivity contribution in [2.45, 2.75) is 45.3 Å². The van der Waals surface area contributed by atoms with E-state index in [1.165, 1.54) is 0 Å². The van der Waals surface area contributed by atoms with Gasteiger partial charge in [0.25, 0.3) is 0 Å². The largest absolute Gasteiger partial charge is 0.480 e. The van der Waals surface area contributed by atoms with Crippen LogP contribution in [0.25, 0.3) is 0 Å². The van der Waals surface area contributed by atoms with Crippen molar-refractivity contribution in [1.29, 1.82) is 0 Å². The first-order valence-corrected chi connectivity index (χ1v) is 8.25. The van der Waals surface area contributed by atoms with E-state index in [1.807, 2.05) is 0 Å². The van der Waals surface area contributed by atoms with Crippen LogP contribution in [0.15, 0.2) is 0 Å².